The van der Waals surface area contributed by atoms with Gasteiger partial charge in [0.05, 0.1) is 10.8 Å². The summed E-state index contributed by atoms with van der Waals surface area (Å²) in [5, 5.41) is 22.7. The van der Waals surface area contributed by atoms with Crippen molar-refractivity contribution >= 4 is 17.7 Å². The van der Waals surface area contributed by atoms with Crippen LogP contribution in [-0.2, 0) is 0 Å². The Bertz CT molecular complexity index is 741. The number of nitrogens with zero attached hydrogens (tertiary/aromatic N) is 2. The van der Waals surface area contributed by atoms with Crippen LogP contribution < -0.4 is 0 Å². The van der Waals surface area contributed by atoms with Crippen molar-refractivity contribution in [2.75, 3.05) is 6.54 Å². The van der Waals surface area contributed by atoms with Crippen LogP contribution in [0.3, 0.4) is 0 Å². The van der Waals surface area contributed by atoms with Crippen molar-refractivity contribution in [2.45, 2.75) is 6.92 Å². The molecule has 23 heavy (non-hydrogen) atoms. The van der Waals surface area contributed by atoms with Gasteiger partial charge < -0.3 is 5.21 Å². The second-order valence-corrected chi connectivity index (χ2v) is 5.21. The van der Waals surface area contributed by atoms with Crippen LogP contribution >= 0.6 is 0 Å². The summed E-state index contributed by atoms with van der Waals surface area (Å²) >= 11 is 0. The van der Waals surface area contributed by atoms with Crippen molar-refractivity contribution < 1.29 is 14.5 Å². The second kappa shape index (κ2) is 7.31. The van der Waals surface area contributed by atoms with E-state index in [4.69, 9.17) is 0 Å². The fourth-order valence-electron chi connectivity index (χ4n) is 2.18. The number of hydrogen-bond acceptors (Lipinski definition) is 4. The molecule has 2 aromatic rings. The number of hydroxylamine groups is 1. The molecule has 0 spiro atoms. The third-order valence-corrected chi connectivity index (χ3v) is 3.33. The molecule has 1 atom stereocenters. The number of hydrogen-bond donors (Lipinski definition) is 0. The highest BCUT2D eigenvalue weighted by Gasteiger charge is 2.18. The quantitative estimate of drug-likeness (QED) is 0.205. The molecule has 1 unspecified atom stereocenters. The van der Waals surface area contributed by atoms with Gasteiger partial charge in [0.15, 0.2) is 18.5 Å². The molecule has 0 radical (unpaired) electrons. The van der Waals surface area contributed by atoms with Crippen LogP contribution in [0.1, 0.15) is 22.8 Å². The first-order chi connectivity index (χ1) is 11.0. The monoisotopic (exact) mass is 312 g/mol. The van der Waals surface area contributed by atoms with Gasteiger partial charge in [-0.15, -0.1) is 0 Å². The number of carbonyl (C=O) groups excluding carboxylic acids is 1. The lowest BCUT2D eigenvalue weighted by atomic mass is 9.99. The van der Waals surface area contributed by atoms with E-state index in [2.05, 4.69) is 0 Å². The van der Waals surface area contributed by atoms with Crippen molar-refractivity contribution in [2.24, 2.45) is 5.92 Å². The lowest BCUT2D eigenvalue weighted by molar-refractivity contribution is -0.457. The van der Waals surface area contributed by atoms with Gasteiger partial charge >= 0.3 is 0 Å². The number of nitro groups is 1. The predicted octanol–water partition coefficient (Wildman–Crippen LogP) is 3.04. The van der Waals surface area contributed by atoms with Crippen LogP contribution in [0.15, 0.2) is 54.6 Å². The van der Waals surface area contributed by atoms with E-state index in [1.54, 1.807) is 37.3 Å². The Kier molecular flexibility index (Phi) is 5.19. The zero-order valence-electron chi connectivity index (χ0n) is 12.6. The van der Waals surface area contributed by atoms with Crippen LogP contribution in [0.4, 0.5) is 5.69 Å². The van der Waals surface area contributed by atoms with Gasteiger partial charge in [-0.05, 0) is 13.0 Å². The molecule has 0 bridgehead atoms. The van der Waals surface area contributed by atoms with E-state index in [1.165, 1.54) is 24.4 Å². The Balaban J connectivity index is 2.09. The van der Waals surface area contributed by atoms with Gasteiger partial charge in [0, 0.05) is 23.3 Å². The van der Waals surface area contributed by atoms with E-state index in [1.807, 2.05) is 6.07 Å². The van der Waals surface area contributed by atoms with Crippen LogP contribution in [0.25, 0.3) is 0 Å². The zero-order valence-corrected chi connectivity index (χ0v) is 12.6. The highest BCUT2D eigenvalue weighted by Crippen LogP contribution is 2.12. The minimum absolute atomic E-state index is 0.0174. The fourth-order valence-corrected chi connectivity index (χ4v) is 2.18. The first-order valence-corrected chi connectivity index (χ1v) is 7.09. The molecule has 0 fully saturated rings. The summed E-state index contributed by atoms with van der Waals surface area (Å²) < 4.78 is 0.630. The Morgan fingerprint density at radius 3 is 2.48 bits per heavy atom. The Morgan fingerprint density at radius 1 is 1.13 bits per heavy atom. The summed E-state index contributed by atoms with van der Waals surface area (Å²) in [5.41, 5.74) is 0.901. The summed E-state index contributed by atoms with van der Waals surface area (Å²) in [7, 11) is 0. The lowest BCUT2D eigenvalue weighted by Crippen LogP contribution is -2.22. The largest absolute Gasteiger partial charge is 0.624 e. The van der Waals surface area contributed by atoms with Crippen LogP contribution in [0, 0.1) is 21.2 Å². The molecular weight excluding hydrogens is 296 g/mol. The average molecular weight is 312 g/mol. The fraction of sp³-hybridized carbons (Fsp3) is 0.176. The van der Waals surface area contributed by atoms with Gasteiger partial charge in [0.1, 0.15) is 0 Å². The number of carbonyl (C=O) groups is 1. The Hall–Kier alpha value is -3.02. The van der Waals surface area contributed by atoms with Crippen LogP contribution in [-0.4, -0.2) is 28.2 Å². The topological polar surface area (TPSA) is 86.3 Å². The molecule has 0 aliphatic heterocycles. The van der Waals surface area contributed by atoms with E-state index in [-0.39, 0.29) is 18.0 Å². The summed E-state index contributed by atoms with van der Waals surface area (Å²) in [6.07, 6.45) is 1.25. The van der Waals surface area contributed by atoms with Gasteiger partial charge in [-0.25, -0.2) is 4.74 Å². The number of benzene rings is 2. The maximum atomic E-state index is 12.2. The third-order valence-electron chi connectivity index (χ3n) is 3.33. The van der Waals surface area contributed by atoms with E-state index >= 15 is 0 Å². The van der Waals surface area contributed by atoms with Gasteiger partial charge in [0.2, 0.25) is 0 Å². The standard InChI is InChI=1S/C17H16N2O4/c1-13(17(20)15-7-3-2-4-8-15)11-18(21)12-14-6-5-9-16(10-14)19(22)23/h2-10,12-13H,11H2,1H3. The Labute approximate surface area is 133 Å². The van der Waals surface area contributed by atoms with Gasteiger partial charge in [0.25, 0.3) is 5.69 Å². The minimum Gasteiger partial charge on any atom is -0.624 e. The molecular formula is C17H16N2O4. The molecule has 2 rings (SSSR count). The second-order valence-electron chi connectivity index (χ2n) is 5.21. The lowest BCUT2D eigenvalue weighted by Gasteiger charge is -2.10. The third kappa shape index (κ3) is 4.47. The number of ketones is 1. The molecule has 118 valence electrons. The molecule has 0 aromatic heterocycles. The molecule has 0 saturated carbocycles. The zero-order chi connectivity index (χ0) is 16.8. The van der Waals surface area contributed by atoms with Crippen molar-refractivity contribution in [3.8, 4) is 0 Å². The number of Topliss-reactive ketones (excluding diaryl/α,β-unsaturated/α-hetero) is 1. The SMILES string of the molecule is CC(C[N+]([O-])=Cc1cccc([N+](=O)[O-])c1)C(=O)c1ccccc1. The summed E-state index contributed by atoms with van der Waals surface area (Å²) in [6, 6.07) is 14.5. The molecule has 0 heterocycles. The molecule has 0 saturated heterocycles. The molecule has 6 heteroatoms. The highest BCUT2D eigenvalue weighted by atomic mass is 16.6. The molecule has 2 aromatic carbocycles. The number of nitro benzene ring substituents is 1. The van der Waals surface area contributed by atoms with E-state index < -0.39 is 10.8 Å². The summed E-state index contributed by atoms with van der Waals surface area (Å²) in [5.74, 6) is -0.594. The number of rotatable bonds is 6. The molecule has 0 aliphatic carbocycles. The molecule has 6 nitrogen and oxygen atoms in total. The maximum Gasteiger partial charge on any atom is 0.270 e. The van der Waals surface area contributed by atoms with E-state index in [0.717, 1.165) is 0 Å². The first-order valence-electron chi connectivity index (χ1n) is 7.09. The number of non-ortho nitro benzene ring substituents is 1. The van der Waals surface area contributed by atoms with Gasteiger partial charge in [-0.1, -0.05) is 36.4 Å². The van der Waals surface area contributed by atoms with Crippen molar-refractivity contribution in [3.63, 3.8) is 0 Å². The van der Waals surface area contributed by atoms with Crippen molar-refractivity contribution in [1.29, 1.82) is 0 Å². The summed E-state index contributed by atoms with van der Waals surface area (Å²) in [4.78, 5) is 22.4. The highest BCUT2D eigenvalue weighted by molar-refractivity contribution is 5.97. The maximum absolute atomic E-state index is 12.2. The first kappa shape index (κ1) is 16.4. The van der Waals surface area contributed by atoms with Crippen LogP contribution in [0.5, 0.6) is 0 Å². The van der Waals surface area contributed by atoms with Crippen LogP contribution in [0.2, 0.25) is 0 Å². The van der Waals surface area contributed by atoms with Gasteiger partial charge in [-0.3, -0.25) is 14.9 Å². The molecule has 0 aliphatic rings. The molecule has 0 amide bonds. The predicted molar refractivity (Wildman–Crippen MR) is 86.7 cm³/mol. The summed E-state index contributed by atoms with van der Waals surface area (Å²) in [6.45, 7) is 1.66. The van der Waals surface area contributed by atoms with Crippen molar-refractivity contribution in [1.82, 2.24) is 0 Å². The smallest absolute Gasteiger partial charge is 0.270 e. The Morgan fingerprint density at radius 2 is 1.83 bits per heavy atom. The average Bonchev–Trinajstić information content (AvgIpc) is 2.55. The van der Waals surface area contributed by atoms with Crippen molar-refractivity contribution in [3.05, 3.63) is 81.0 Å². The van der Waals surface area contributed by atoms with Gasteiger partial charge in [-0.2, -0.15) is 0 Å². The van der Waals surface area contributed by atoms with E-state index in [0.29, 0.717) is 15.9 Å². The van der Waals surface area contributed by atoms with E-state index in [9.17, 15) is 20.1 Å². The minimum atomic E-state index is -0.520. The molecule has 0 N–H and O–H groups in total. The normalized spacial score (nSPS) is 12.7.